The maximum atomic E-state index is 13.2. The van der Waals surface area contributed by atoms with E-state index in [0.717, 1.165) is 30.3 Å². The van der Waals surface area contributed by atoms with E-state index in [4.69, 9.17) is 20.4 Å². The summed E-state index contributed by atoms with van der Waals surface area (Å²) in [7, 11) is 0. The molecular formula is C25H15ClO11. The van der Waals surface area contributed by atoms with Gasteiger partial charge in [-0.2, -0.15) is 0 Å². The molecule has 2 aromatic heterocycles. The van der Waals surface area contributed by atoms with Gasteiger partial charge in [-0.1, -0.05) is 17.7 Å². The summed E-state index contributed by atoms with van der Waals surface area (Å²) >= 11 is 6.06. The Bertz CT molecular complexity index is 1760. The summed E-state index contributed by atoms with van der Waals surface area (Å²) in [6, 6.07) is 7.96. The molecule has 0 unspecified atom stereocenters. The van der Waals surface area contributed by atoms with Crippen molar-refractivity contribution in [1.82, 2.24) is 0 Å². The van der Waals surface area contributed by atoms with E-state index in [-0.39, 0.29) is 27.1 Å². The molecule has 3 aromatic carbocycles. The molecular weight excluding hydrogens is 512 g/mol. The second-order valence-electron chi connectivity index (χ2n) is 8.07. The minimum absolute atomic E-state index is 0.0256. The van der Waals surface area contributed by atoms with Gasteiger partial charge in [-0.05, 0) is 42.0 Å². The van der Waals surface area contributed by atoms with E-state index in [1.807, 2.05) is 0 Å². The summed E-state index contributed by atoms with van der Waals surface area (Å²) in [4.78, 5) is 26.3. The van der Waals surface area contributed by atoms with Crippen molar-refractivity contribution in [2.45, 2.75) is 5.92 Å². The van der Waals surface area contributed by atoms with Crippen LogP contribution in [0.25, 0.3) is 21.9 Å². The summed E-state index contributed by atoms with van der Waals surface area (Å²) in [5, 5.41) is 71.2. The number of hydrogen-bond donors (Lipinski definition) is 7. The molecule has 0 aliphatic heterocycles. The lowest BCUT2D eigenvalue weighted by Gasteiger charge is -2.20. The van der Waals surface area contributed by atoms with Crippen LogP contribution in [0.3, 0.4) is 0 Å². The van der Waals surface area contributed by atoms with Crippen LogP contribution in [0.2, 0.25) is 5.02 Å². The number of phenolic OH excluding ortho intramolecular Hbond substituents is 5. The highest BCUT2D eigenvalue weighted by Crippen LogP contribution is 2.46. The third-order valence-electron chi connectivity index (χ3n) is 5.95. The Morgan fingerprint density at radius 2 is 1.03 bits per heavy atom. The first kappa shape index (κ1) is 23.7. The zero-order valence-electron chi connectivity index (χ0n) is 18.3. The van der Waals surface area contributed by atoms with Gasteiger partial charge in [0.25, 0.3) is 0 Å². The molecule has 5 aromatic rings. The third-order valence-corrected chi connectivity index (χ3v) is 6.26. The summed E-state index contributed by atoms with van der Waals surface area (Å²) in [6.45, 7) is 0. The molecule has 0 radical (unpaired) electrons. The van der Waals surface area contributed by atoms with Gasteiger partial charge < -0.3 is 44.6 Å². The molecule has 7 N–H and O–H groups in total. The molecule has 0 aliphatic carbocycles. The van der Waals surface area contributed by atoms with Crippen LogP contribution in [0.1, 0.15) is 22.6 Å². The molecule has 2 heterocycles. The van der Waals surface area contributed by atoms with Crippen molar-refractivity contribution < 1.29 is 44.6 Å². The quantitative estimate of drug-likeness (QED) is 0.133. The lowest BCUT2D eigenvalue weighted by molar-refractivity contribution is 0.392. The maximum absolute atomic E-state index is 13.2. The van der Waals surface area contributed by atoms with Gasteiger partial charge in [0.15, 0.2) is 22.7 Å². The normalized spacial score (nSPS) is 11.5. The lowest BCUT2D eigenvalue weighted by Crippen LogP contribution is -2.21. The average Bonchev–Trinajstić information content (AvgIpc) is 2.85. The Kier molecular flexibility index (Phi) is 5.30. The van der Waals surface area contributed by atoms with E-state index < -0.39 is 74.0 Å². The molecule has 5 rings (SSSR count). The molecule has 11 nitrogen and oxygen atoms in total. The van der Waals surface area contributed by atoms with Gasteiger partial charge in [0.2, 0.25) is 11.5 Å². The predicted octanol–water partition coefficient (Wildman–Crippen LogP) is 3.67. The summed E-state index contributed by atoms with van der Waals surface area (Å²) in [6.07, 6.45) is 0. The SMILES string of the molecule is O=c1oc2c(O)c(O)ccc2c(O)c1C(c1ccc(O)c(Cl)c1)c1c(O)c2ccc(O)c(O)c2oc1=O. The topological polar surface area (TPSA) is 202 Å². The van der Waals surface area contributed by atoms with E-state index in [1.54, 1.807) is 0 Å². The average molecular weight is 527 g/mol. The highest BCUT2D eigenvalue weighted by Gasteiger charge is 2.34. The Morgan fingerprint density at radius 1 is 0.595 bits per heavy atom. The number of benzene rings is 3. The van der Waals surface area contributed by atoms with Crippen LogP contribution in [0.4, 0.5) is 0 Å². The fourth-order valence-corrected chi connectivity index (χ4v) is 4.36. The number of phenols is 5. The second kappa shape index (κ2) is 8.28. The summed E-state index contributed by atoms with van der Waals surface area (Å²) in [5.74, 6) is -6.36. The smallest absolute Gasteiger partial charge is 0.344 e. The minimum Gasteiger partial charge on any atom is -0.507 e. The van der Waals surface area contributed by atoms with Gasteiger partial charge in [-0.3, -0.25) is 0 Å². The van der Waals surface area contributed by atoms with Gasteiger partial charge in [-0.25, -0.2) is 9.59 Å². The Morgan fingerprint density at radius 3 is 1.46 bits per heavy atom. The Labute approximate surface area is 209 Å². The zero-order chi connectivity index (χ0) is 26.8. The number of halogens is 1. The third kappa shape index (κ3) is 3.52. The van der Waals surface area contributed by atoms with Crippen molar-refractivity contribution in [3.63, 3.8) is 0 Å². The van der Waals surface area contributed by atoms with E-state index in [1.165, 1.54) is 12.1 Å². The minimum atomic E-state index is -1.62. The van der Waals surface area contributed by atoms with Crippen LogP contribution in [0, 0.1) is 0 Å². The van der Waals surface area contributed by atoms with Gasteiger partial charge >= 0.3 is 11.3 Å². The largest absolute Gasteiger partial charge is 0.507 e. The lowest BCUT2D eigenvalue weighted by atomic mass is 9.84. The van der Waals surface area contributed by atoms with Crippen molar-refractivity contribution in [2.75, 3.05) is 0 Å². The van der Waals surface area contributed by atoms with Gasteiger partial charge in [0, 0.05) is 0 Å². The number of aromatic hydroxyl groups is 7. The van der Waals surface area contributed by atoms with E-state index in [9.17, 15) is 45.3 Å². The molecule has 0 spiro atoms. The summed E-state index contributed by atoms with van der Waals surface area (Å²) in [5.41, 5.74) is -4.72. The molecule has 0 atom stereocenters. The van der Waals surface area contributed by atoms with E-state index >= 15 is 0 Å². The molecule has 0 saturated heterocycles. The van der Waals surface area contributed by atoms with Crippen LogP contribution >= 0.6 is 11.6 Å². The highest BCUT2D eigenvalue weighted by molar-refractivity contribution is 6.32. The van der Waals surface area contributed by atoms with Crippen molar-refractivity contribution in [3.8, 4) is 40.2 Å². The highest BCUT2D eigenvalue weighted by atomic mass is 35.5. The number of rotatable bonds is 3. The maximum Gasteiger partial charge on any atom is 0.344 e. The zero-order valence-corrected chi connectivity index (χ0v) is 19.0. The van der Waals surface area contributed by atoms with Crippen molar-refractivity contribution >= 4 is 33.5 Å². The van der Waals surface area contributed by atoms with Gasteiger partial charge in [-0.15, -0.1) is 0 Å². The molecule has 0 amide bonds. The molecule has 0 aliphatic rings. The molecule has 188 valence electrons. The molecule has 0 saturated carbocycles. The fraction of sp³-hybridized carbons (Fsp3) is 0.0400. The van der Waals surface area contributed by atoms with Crippen molar-refractivity contribution in [3.05, 3.63) is 85.0 Å². The molecule has 0 bridgehead atoms. The first-order valence-electron chi connectivity index (χ1n) is 10.4. The Balaban J connectivity index is 1.93. The van der Waals surface area contributed by atoms with E-state index in [2.05, 4.69) is 0 Å². The van der Waals surface area contributed by atoms with Crippen LogP contribution in [-0.2, 0) is 0 Å². The van der Waals surface area contributed by atoms with Gasteiger partial charge in [0.05, 0.1) is 32.8 Å². The molecule has 0 fully saturated rings. The molecule has 37 heavy (non-hydrogen) atoms. The first-order valence-corrected chi connectivity index (χ1v) is 10.8. The summed E-state index contributed by atoms with van der Waals surface area (Å²) < 4.78 is 10.3. The Hall–Kier alpha value is -5.03. The van der Waals surface area contributed by atoms with Crippen LogP contribution < -0.4 is 11.3 Å². The fourth-order valence-electron chi connectivity index (χ4n) is 4.17. The van der Waals surface area contributed by atoms with E-state index in [0.29, 0.717) is 0 Å². The van der Waals surface area contributed by atoms with Crippen LogP contribution in [0.5, 0.6) is 40.2 Å². The standard InChI is InChI=1S/C25H15ClO11/c26-11-7-8(1-4-12(11)27)15(16-18(30)9-2-5-13(28)20(32)22(9)36-24(16)34)17-19(31)10-3-6-14(29)21(33)23(10)37-25(17)35/h1-7,15,27-33H. The van der Waals surface area contributed by atoms with Crippen molar-refractivity contribution in [1.29, 1.82) is 0 Å². The number of fused-ring (bicyclic) bond motifs is 2. The molecule has 12 heteroatoms. The number of hydrogen-bond acceptors (Lipinski definition) is 11. The van der Waals surface area contributed by atoms with Crippen LogP contribution in [-0.4, -0.2) is 35.7 Å². The second-order valence-corrected chi connectivity index (χ2v) is 8.47. The van der Waals surface area contributed by atoms with Crippen LogP contribution in [0.15, 0.2) is 60.9 Å². The van der Waals surface area contributed by atoms with Crippen molar-refractivity contribution in [2.24, 2.45) is 0 Å². The monoisotopic (exact) mass is 526 g/mol. The first-order chi connectivity index (χ1) is 17.5. The predicted molar refractivity (Wildman–Crippen MR) is 129 cm³/mol. The van der Waals surface area contributed by atoms with Gasteiger partial charge in [0.1, 0.15) is 17.2 Å².